The number of nitrogens with one attached hydrogen (secondary N) is 1. The van der Waals surface area contributed by atoms with Crippen molar-refractivity contribution in [2.75, 3.05) is 5.32 Å². The van der Waals surface area contributed by atoms with Gasteiger partial charge in [-0.05, 0) is 36.8 Å². The number of halogens is 1. The van der Waals surface area contributed by atoms with Gasteiger partial charge in [0.25, 0.3) is 5.91 Å². The number of amides is 1. The van der Waals surface area contributed by atoms with Crippen LogP contribution < -0.4 is 5.32 Å². The largest absolute Gasteiger partial charge is 0.462 e. The first-order valence-electron chi connectivity index (χ1n) is 7.72. The molecule has 2 aromatic heterocycles. The molecule has 0 fully saturated rings. The molecule has 0 atom stereocenters. The molecule has 0 spiro atoms. The van der Waals surface area contributed by atoms with Crippen molar-refractivity contribution in [1.29, 1.82) is 5.26 Å². The van der Waals surface area contributed by atoms with E-state index >= 15 is 0 Å². The van der Waals surface area contributed by atoms with Crippen LogP contribution in [0.3, 0.4) is 0 Å². The van der Waals surface area contributed by atoms with E-state index in [2.05, 4.69) is 10.3 Å². The van der Waals surface area contributed by atoms with Crippen LogP contribution in [0.5, 0.6) is 0 Å². The van der Waals surface area contributed by atoms with Gasteiger partial charge >= 0.3 is 0 Å². The average Bonchev–Trinajstić information content (AvgIpc) is 3.23. The van der Waals surface area contributed by atoms with Crippen molar-refractivity contribution in [2.45, 2.75) is 13.3 Å². The third-order valence-corrected chi connectivity index (χ3v) is 4.64. The highest BCUT2D eigenvalue weighted by molar-refractivity contribution is 7.15. The lowest BCUT2D eigenvalue weighted by Crippen LogP contribution is -2.13. The van der Waals surface area contributed by atoms with Crippen molar-refractivity contribution in [1.82, 2.24) is 4.98 Å². The number of carbonyl (C=O) groups is 1. The number of nitriles is 1. The number of furan rings is 1. The maximum Gasteiger partial charge on any atom is 0.268 e. The summed E-state index contributed by atoms with van der Waals surface area (Å²) in [6.07, 6.45) is 3.81. The third kappa shape index (κ3) is 4.60. The Morgan fingerprint density at radius 2 is 2.12 bits per heavy atom. The quantitative estimate of drug-likeness (QED) is 0.505. The molecule has 130 valence electrons. The minimum atomic E-state index is -0.519. The Bertz CT molecular complexity index is 996. The van der Waals surface area contributed by atoms with E-state index < -0.39 is 5.91 Å². The minimum Gasteiger partial charge on any atom is -0.462 e. The second-order valence-corrected chi connectivity index (χ2v) is 7.06. The number of nitrogens with zero attached hydrogens (tertiary/aromatic N) is 2. The zero-order valence-corrected chi connectivity index (χ0v) is 15.4. The first-order valence-corrected chi connectivity index (χ1v) is 8.91. The number of anilines is 1. The van der Waals surface area contributed by atoms with Gasteiger partial charge in [0.05, 0.1) is 0 Å². The summed E-state index contributed by atoms with van der Waals surface area (Å²) in [5.41, 5.74) is 1.05. The Balaban J connectivity index is 1.67. The van der Waals surface area contributed by atoms with Crippen molar-refractivity contribution in [3.63, 3.8) is 0 Å². The number of aromatic nitrogens is 1. The molecule has 1 amide bonds. The fraction of sp³-hybridized carbons (Fsp3) is 0.105. The third-order valence-electron chi connectivity index (χ3n) is 3.48. The molecule has 5 nitrogen and oxygen atoms in total. The molecule has 0 aliphatic carbocycles. The molecule has 0 unspecified atom stereocenters. The summed E-state index contributed by atoms with van der Waals surface area (Å²) in [6.45, 7) is 1.79. The van der Waals surface area contributed by atoms with Gasteiger partial charge in [0, 0.05) is 28.6 Å². The van der Waals surface area contributed by atoms with Gasteiger partial charge in [0.1, 0.15) is 23.2 Å². The summed E-state index contributed by atoms with van der Waals surface area (Å²) in [5, 5.41) is 13.0. The Morgan fingerprint density at radius 3 is 2.77 bits per heavy atom. The molecule has 0 bridgehead atoms. The van der Waals surface area contributed by atoms with Crippen molar-refractivity contribution >= 4 is 40.1 Å². The Hall–Kier alpha value is -2.88. The van der Waals surface area contributed by atoms with E-state index in [0.717, 1.165) is 10.4 Å². The maximum absolute atomic E-state index is 12.3. The monoisotopic (exact) mass is 383 g/mol. The lowest BCUT2D eigenvalue weighted by atomic mass is 10.1. The highest BCUT2D eigenvalue weighted by Gasteiger charge is 2.13. The Kier molecular flexibility index (Phi) is 5.52. The second-order valence-electron chi connectivity index (χ2n) is 5.51. The summed E-state index contributed by atoms with van der Waals surface area (Å²) in [7, 11) is 0. The van der Waals surface area contributed by atoms with Crippen LogP contribution in [0.4, 0.5) is 5.13 Å². The maximum atomic E-state index is 12.3. The number of benzene rings is 1. The van der Waals surface area contributed by atoms with E-state index in [1.807, 2.05) is 30.3 Å². The number of hydrogen-bond donors (Lipinski definition) is 1. The zero-order valence-electron chi connectivity index (χ0n) is 13.8. The molecule has 0 radical (unpaired) electrons. The van der Waals surface area contributed by atoms with Crippen molar-refractivity contribution in [3.8, 4) is 6.07 Å². The van der Waals surface area contributed by atoms with Gasteiger partial charge in [-0.25, -0.2) is 4.98 Å². The minimum absolute atomic E-state index is 0.0474. The molecular formula is C19H14ClN3O2S. The van der Waals surface area contributed by atoms with E-state index in [4.69, 9.17) is 16.0 Å². The van der Waals surface area contributed by atoms with Gasteiger partial charge in [-0.2, -0.15) is 5.26 Å². The lowest BCUT2D eigenvalue weighted by molar-refractivity contribution is -0.112. The average molecular weight is 384 g/mol. The Morgan fingerprint density at radius 1 is 1.35 bits per heavy atom. The first kappa shape index (κ1) is 17.9. The molecular weight excluding hydrogens is 370 g/mol. The molecule has 0 aliphatic rings. The number of aryl methyl sites for hydroxylation is 1. The highest BCUT2D eigenvalue weighted by Crippen LogP contribution is 2.22. The van der Waals surface area contributed by atoms with E-state index in [1.165, 1.54) is 17.4 Å². The molecule has 1 aromatic carbocycles. The van der Waals surface area contributed by atoms with Crippen LogP contribution in [0.25, 0.3) is 6.08 Å². The standard InChI is InChI=1S/C19H14ClN3O2S/c1-12-2-7-16(25-12)9-14(10-21)18(24)23-19-22-11-17(26-19)8-13-3-5-15(20)6-4-13/h2-7,9,11H,8H2,1H3,(H,22,23,24). The van der Waals surface area contributed by atoms with Crippen molar-refractivity contribution < 1.29 is 9.21 Å². The molecule has 0 saturated heterocycles. The molecule has 3 rings (SSSR count). The summed E-state index contributed by atoms with van der Waals surface area (Å²) in [5.74, 6) is 0.645. The van der Waals surface area contributed by atoms with Gasteiger partial charge in [-0.15, -0.1) is 11.3 Å². The second kappa shape index (κ2) is 8.00. The predicted octanol–water partition coefficient (Wildman–Crippen LogP) is 4.83. The number of carbonyl (C=O) groups excluding carboxylic acids is 1. The highest BCUT2D eigenvalue weighted by atomic mass is 35.5. The van der Waals surface area contributed by atoms with Crippen LogP contribution >= 0.6 is 22.9 Å². The molecule has 26 heavy (non-hydrogen) atoms. The molecule has 0 aliphatic heterocycles. The molecule has 7 heteroatoms. The fourth-order valence-electron chi connectivity index (χ4n) is 2.24. The molecule has 0 saturated carbocycles. The van der Waals surface area contributed by atoms with Gasteiger partial charge in [0.2, 0.25) is 0 Å². The first-order chi connectivity index (χ1) is 12.5. The van der Waals surface area contributed by atoms with Crippen LogP contribution in [0.1, 0.15) is 22.0 Å². The Labute approximate surface area is 159 Å². The van der Waals surface area contributed by atoms with Gasteiger partial charge in [-0.3, -0.25) is 10.1 Å². The van der Waals surface area contributed by atoms with Crippen molar-refractivity contribution in [2.24, 2.45) is 0 Å². The normalized spacial score (nSPS) is 11.2. The lowest BCUT2D eigenvalue weighted by Gasteiger charge is -2.00. The SMILES string of the molecule is Cc1ccc(C=C(C#N)C(=O)Nc2ncc(Cc3ccc(Cl)cc3)s2)o1. The number of hydrogen-bond acceptors (Lipinski definition) is 5. The molecule has 3 aromatic rings. The van der Waals surface area contributed by atoms with E-state index in [0.29, 0.717) is 28.1 Å². The van der Waals surface area contributed by atoms with Gasteiger partial charge in [0.15, 0.2) is 5.13 Å². The van der Waals surface area contributed by atoms with E-state index in [1.54, 1.807) is 25.3 Å². The van der Waals surface area contributed by atoms with Crippen LogP contribution in [-0.2, 0) is 11.2 Å². The smallest absolute Gasteiger partial charge is 0.268 e. The number of rotatable bonds is 5. The molecule has 2 heterocycles. The fourth-order valence-corrected chi connectivity index (χ4v) is 3.20. The number of thiazole rings is 1. The van der Waals surface area contributed by atoms with Gasteiger partial charge in [-0.1, -0.05) is 23.7 Å². The van der Waals surface area contributed by atoms with Crippen LogP contribution in [0, 0.1) is 18.3 Å². The summed E-state index contributed by atoms with van der Waals surface area (Å²) in [4.78, 5) is 17.5. The van der Waals surface area contributed by atoms with Crippen LogP contribution in [0.15, 0.2) is 52.6 Å². The van der Waals surface area contributed by atoms with E-state index in [9.17, 15) is 10.1 Å². The topological polar surface area (TPSA) is 78.9 Å². The van der Waals surface area contributed by atoms with Crippen molar-refractivity contribution in [3.05, 3.63) is 75.2 Å². The summed E-state index contributed by atoms with van der Waals surface area (Å²) in [6, 6.07) is 12.9. The molecule has 1 N–H and O–H groups in total. The predicted molar refractivity (Wildman–Crippen MR) is 102 cm³/mol. The van der Waals surface area contributed by atoms with E-state index in [-0.39, 0.29) is 5.57 Å². The summed E-state index contributed by atoms with van der Waals surface area (Å²) >= 11 is 7.25. The van der Waals surface area contributed by atoms with Gasteiger partial charge < -0.3 is 4.42 Å². The summed E-state index contributed by atoms with van der Waals surface area (Å²) < 4.78 is 5.37. The zero-order chi connectivity index (χ0) is 18.5. The van der Waals surface area contributed by atoms with Crippen LogP contribution in [-0.4, -0.2) is 10.9 Å². The van der Waals surface area contributed by atoms with Crippen LogP contribution in [0.2, 0.25) is 5.02 Å².